The van der Waals surface area contributed by atoms with Crippen LogP contribution >= 0.6 is 11.3 Å². The first-order valence-corrected chi connectivity index (χ1v) is 6.75. The van der Waals surface area contributed by atoms with Crippen molar-refractivity contribution in [2.45, 2.75) is 13.8 Å². The van der Waals surface area contributed by atoms with Crippen LogP contribution in [0.5, 0.6) is 5.75 Å². The van der Waals surface area contributed by atoms with Crippen LogP contribution in [0.2, 0.25) is 0 Å². The van der Waals surface area contributed by atoms with Gasteiger partial charge in [0.15, 0.2) is 0 Å². The Morgan fingerprint density at radius 3 is 2.56 bits per heavy atom. The van der Waals surface area contributed by atoms with Crippen LogP contribution in [0.1, 0.15) is 10.4 Å². The molecule has 1 nitrogen and oxygen atoms in total. The second-order valence-electron chi connectivity index (χ2n) is 4.61. The number of hydrogen-bond donors (Lipinski definition) is 1. The molecule has 18 heavy (non-hydrogen) atoms. The highest BCUT2D eigenvalue weighted by Crippen LogP contribution is 2.32. The van der Waals surface area contributed by atoms with E-state index in [2.05, 4.69) is 31.2 Å². The molecule has 0 fully saturated rings. The number of aryl methyl sites for hydroxylation is 2. The Labute approximate surface area is 110 Å². The lowest BCUT2D eigenvalue weighted by Gasteiger charge is -2.06. The first-order valence-electron chi connectivity index (χ1n) is 5.94. The van der Waals surface area contributed by atoms with Crippen LogP contribution in [-0.4, -0.2) is 5.11 Å². The van der Waals surface area contributed by atoms with Gasteiger partial charge in [-0.25, -0.2) is 0 Å². The van der Waals surface area contributed by atoms with Crippen LogP contribution in [0.4, 0.5) is 0 Å². The Bertz CT molecular complexity index is 725. The average molecular weight is 254 g/mol. The standard InChI is InChI=1S/C16H14OS/c1-10-7-14(17)5-6-15(10)12-3-4-13-8-11(2)18-16(13)9-12/h3-9,17H,1-2H3. The molecule has 0 aliphatic carbocycles. The van der Waals surface area contributed by atoms with E-state index >= 15 is 0 Å². The third-order valence-corrected chi connectivity index (χ3v) is 4.18. The zero-order valence-electron chi connectivity index (χ0n) is 10.4. The number of phenols is 1. The maximum Gasteiger partial charge on any atom is 0.115 e. The molecule has 1 heterocycles. The summed E-state index contributed by atoms with van der Waals surface area (Å²) in [5.74, 6) is 0.323. The van der Waals surface area contributed by atoms with E-state index in [0.717, 1.165) is 5.56 Å². The summed E-state index contributed by atoms with van der Waals surface area (Å²) in [4.78, 5) is 1.34. The average Bonchev–Trinajstić information content (AvgIpc) is 2.68. The van der Waals surface area contributed by atoms with Gasteiger partial charge in [-0.05, 0) is 60.2 Å². The normalized spacial score (nSPS) is 11.0. The van der Waals surface area contributed by atoms with Gasteiger partial charge in [0.05, 0.1) is 0 Å². The molecule has 0 radical (unpaired) electrons. The number of benzene rings is 2. The minimum Gasteiger partial charge on any atom is -0.508 e. The summed E-state index contributed by atoms with van der Waals surface area (Å²) in [6, 6.07) is 14.3. The van der Waals surface area contributed by atoms with E-state index in [9.17, 15) is 5.11 Å². The third-order valence-electron chi connectivity index (χ3n) is 3.16. The van der Waals surface area contributed by atoms with Gasteiger partial charge >= 0.3 is 0 Å². The van der Waals surface area contributed by atoms with Crippen LogP contribution in [0.15, 0.2) is 42.5 Å². The monoisotopic (exact) mass is 254 g/mol. The maximum absolute atomic E-state index is 9.46. The molecule has 90 valence electrons. The van der Waals surface area contributed by atoms with Crippen LogP contribution in [0.25, 0.3) is 21.2 Å². The van der Waals surface area contributed by atoms with Gasteiger partial charge in [-0.2, -0.15) is 0 Å². The van der Waals surface area contributed by atoms with Crippen LogP contribution < -0.4 is 0 Å². The second kappa shape index (κ2) is 4.14. The molecule has 0 saturated heterocycles. The fourth-order valence-corrected chi connectivity index (χ4v) is 3.27. The summed E-state index contributed by atoms with van der Waals surface area (Å²) in [5.41, 5.74) is 3.49. The summed E-state index contributed by atoms with van der Waals surface area (Å²) in [5, 5.41) is 10.8. The van der Waals surface area contributed by atoms with Gasteiger partial charge in [-0.1, -0.05) is 18.2 Å². The SMILES string of the molecule is Cc1cc2ccc(-c3ccc(O)cc3C)cc2s1. The van der Waals surface area contributed by atoms with Crippen molar-refractivity contribution in [2.75, 3.05) is 0 Å². The molecular weight excluding hydrogens is 240 g/mol. The molecule has 0 bridgehead atoms. The minimum atomic E-state index is 0.323. The summed E-state index contributed by atoms with van der Waals surface area (Å²) in [6.45, 7) is 4.16. The first kappa shape index (κ1) is 11.3. The zero-order chi connectivity index (χ0) is 12.7. The van der Waals surface area contributed by atoms with Crippen LogP contribution in [0, 0.1) is 13.8 Å². The molecule has 0 saturated carbocycles. The Kier molecular flexibility index (Phi) is 2.60. The topological polar surface area (TPSA) is 20.2 Å². The lowest BCUT2D eigenvalue weighted by atomic mass is 10.00. The van der Waals surface area contributed by atoms with Crippen molar-refractivity contribution in [3.8, 4) is 16.9 Å². The third kappa shape index (κ3) is 1.89. The van der Waals surface area contributed by atoms with Gasteiger partial charge in [-0.3, -0.25) is 0 Å². The molecule has 2 aromatic carbocycles. The van der Waals surface area contributed by atoms with E-state index in [1.807, 2.05) is 24.3 Å². The quantitative estimate of drug-likeness (QED) is 0.655. The summed E-state index contributed by atoms with van der Waals surface area (Å²) in [6.07, 6.45) is 0. The van der Waals surface area contributed by atoms with Crippen LogP contribution in [-0.2, 0) is 0 Å². The Morgan fingerprint density at radius 2 is 1.78 bits per heavy atom. The molecule has 3 rings (SSSR count). The molecular formula is C16H14OS. The Morgan fingerprint density at radius 1 is 0.944 bits per heavy atom. The highest BCUT2D eigenvalue weighted by molar-refractivity contribution is 7.19. The van der Waals surface area contributed by atoms with Gasteiger partial charge in [-0.15, -0.1) is 11.3 Å². The van der Waals surface area contributed by atoms with E-state index in [1.165, 1.54) is 26.1 Å². The number of hydrogen-bond acceptors (Lipinski definition) is 2. The molecule has 0 atom stereocenters. The molecule has 2 heteroatoms. The fraction of sp³-hybridized carbons (Fsp3) is 0.125. The largest absolute Gasteiger partial charge is 0.508 e. The van der Waals surface area contributed by atoms with Crippen molar-refractivity contribution in [3.63, 3.8) is 0 Å². The van der Waals surface area contributed by atoms with Gasteiger partial charge in [0.2, 0.25) is 0 Å². The van der Waals surface area contributed by atoms with Crippen molar-refractivity contribution in [2.24, 2.45) is 0 Å². The molecule has 0 aliphatic heterocycles. The number of rotatable bonds is 1. The van der Waals surface area contributed by atoms with E-state index in [0.29, 0.717) is 5.75 Å². The highest BCUT2D eigenvalue weighted by Gasteiger charge is 2.05. The number of phenolic OH excluding ortho intramolecular Hbond substituents is 1. The zero-order valence-corrected chi connectivity index (χ0v) is 11.2. The van der Waals surface area contributed by atoms with Crippen molar-refractivity contribution in [3.05, 3.63) is 52.9 Å². The molecule has 0 amide bonds. The van der Waals surface area contributed by atoms with E-state index in [4.69, 9.17) is 0 Å². The van der Waals surface area contributed by atoms with Gasteiger partial charge in [0.1, 0.15) is 5.75 Å². The Balaban J connectivity index is 2.18. The van der Waals surface area contributed by atoms with E-state index in [-0.39, 0.29) is 0 Å². The van der Waals surface area contributed by atoms with Crippen molar-refractivity contribution >= 4 is 21.4 Å². The van der Waals surface area contributed by atoms with Crippen molar-refractivity contribution < 1.29 is 5.11 Å². The van der Waals surface area contributed by atoms with E-state index < -0.39 is 0 Å². The molecule has 3 aromatic rings. The lowest BCUT2D eigenvalue weighted by molar-refractivity contribution is 0.475. The van der Waals surface area contributed by atoms with Crippen molar-refractivity contribution in [1.82, 2.24) is 0 Å². The summed E-state index contributed by atoms with van der Waals surface area (Å²) in [7, 11) is 0. The number of aromatic hydroxyl groups is 1. The molecule has 0 spiro atoms. The number of thiophene rings is 1. The predicted molar refractivity (Wildman–Crippen MR) is 78.4 cm³/mol. The minimum absolute atomic E-state index is 0.323. The highest BCUT2D eigenvalue weighted by atomic mass is 32.1. The number of fused-ring (bicyclic) bond motifs is 1. The van der Waals surface area contributed by atoms with Gasteiger partial charge in [0.25, 0.3) is 0 Å². The van der Waals surface area contributed by atoms with Gasteiger partial charge < -0.3 is 5.11 Å². The molecule has 0 unspecified atom stereocenters. The molecule has 0 aliphatic rings. The summed E-state index contributed by atoms with van der Waals surface area (Å²) >= 11 is 1.82. The smallest absolute Gasteiger partial charge is 0.115 e. The van der Waals surface area contributed by atoms with Crippen LogP contribution in [0.3, 0.4) is 0 Å². The van der Waals surface area contributed by atoms with E-state index in [1.54, 1.807) is 12.1 Å². The molecule has 1 N–H and O–H groups in total. The van der Waals surface area contributed by atoms with Gasteiger partial charge in [0, 0.05) is 9.58 Å². The molecule has 1 aromatic heterocycles. The summed E-state index contributed by atoms with van der Waals surface area (Å²) < 4.78 is 1.32. The first-order chi connectivity index (χ1) is 8.63. The Hall–Kier alpha value is -1.80. The fourth-order valence-electron chi connectivity index (χ4n) is 2.30. The lowest BCUT2D eigenvalue weighted by Crippen LogP contribution is -1.82. The predicted octanol–water partition coefficient (Wildman–Crippen LogP) is 4.89. The maximum atomic E-state index is 9.46. The second-order valence-corrected chi connectivity index (χ2v) is 5.90. The van der Waals surface area contributed by atoms with Crippen molar-refractivity contribution in [1.29, 1.82) is 0 Å².